The second kappa shape index (κ2) is 3.83. The third-order valence-electron chi connectivity index (χ3n) is 3.84. The number of hydrogen-bond donors (Lipinski definition) is 1. The minimum atomic E-state index is -0.424. The Morgan fingerprint density at radius 1 is 1.53 bits per heavy atom. The van der Waals surface area contributed by atoms with E-state index in [0.29, 0.717) is 11.6 Å². The van der Waals surface area contributed by atoms with E-state index in [4.69, 9.17) is 5.26 Å². The van der Waals surface area contributed by atoms with Crippen molar-refractivity contribution in [2.75, 3.05) is 19.6 Å². The van der Waals surface area contributed by atoms with E-state index in [-0.39, 0.29) is 0 Å². The molecule has 2 fully saturated rings. The summed E-state index contributed by atoms with van der Waals surface area (Å²) in [7, 11) is 0. The Kier molecular flexibility index (Phi) is 2.42. The van der Waals surface area contributed by atoms with E-state index in [1.165, 1.54) is 0 Å². The molecule has 1 saturated heterocycles. The van der Waals surface area contributed by atoms with Crippen LogP contribution >= 0.6 is 0 Å². The highest BCUT2D eigenvalue weighted by molar-refractivity contribution is 5.22. The lowest BCUT2D eigenvalue weighted by molar-refractivity contribution is -0.0792. The molecule has 1 aliphatic carbocycles. The van der Waals surface area contributed by atoms with Crippen LogP contribution in [-0.2, 0) is 0 Å². The summed E-state index contributed by atoms with van der Waals surface area (Å²) in [5, 5.41) is 22.9. The summed E-state index contributed by atoms with van der Waals surface area (Å²) < 4.78 is 1.86. The van der Waals surface area contributed by atoms with Crippen LogP contribution in [-0.4, -0.2) is 45.0 Å². The average Bonchev–Trinajstić information content (AvgIpc) is 2.68. The lowest BCUT2D eigenvalue weighted by Crippen LogP contribution is -2.56. The largest absolute Gasteiger partial charge is 0.389 e. The zero-order valence-corrected chi connectivity index (χ0v) is 9.71. The third-order valence-corrected chi connectivity index (χ3v) is 3.84. The van der Waals surface area contributed by atoms with Gasteiger partial charge in [-0.25, -0.2) is 0 Å². The zero-order chi connectivity index (χ0) is 11.9. The summed E-state index contributed by atoms with van der Waals surface area (Å²) in [6, 6.07) is 2.44. The van der Waals surface area contributed by atoms with Gasteiger partial charge in [0.2, 0.25) is 0 Å². The maximum Gasteiger partial charge on any atom is 0.102 e. The molecule has 0 amide bonds. The number of nitrogens with zero attached hydrogens (tertiary/aromatic N) is 4. The topological polar surface area (TPSA) is 65.1 Å². The molecule has 1 aromatic rings. The number of hydrogen-bond acceptors (Lipinski definition) is 4. The van der Waals surface area contributed by atoms with Crippen LogP contribution < -0.4 is 0 Å². The van der Waals surface area contributed by atoms with E-state index in [0.717, 1.165) is 38.9 Å². The first-order valence-electron chi connectivity index (χ1n) is 6.08. The smallest absolute Gasteiger partial charge is 0.102 e. The molecule has 5 heteroatoms. The van der Waals surface area contributed by atoms with E-state index < -0.39 is 5.60 Å². The predicted octanol–water partition coefficient (Wildman–Crippen LogP) is 0.526. The molecule has 5 nitrogen and oxygen atoms in total. The van der Waals surface area contributed by atoms with Crippen LogP contribution in [0.15, 0.2) is 12.4 Å². The molecule has 1 N–H and O–H groups in total. The summed E-state index contributed by atoms with van der Waals surface area (Å²) >= 11 is 0. The molecule has 0 unspecified atom stereocenters. The molecular formula is C12H16N4O. The normalized spacial score (nSPS) is 23.8. The number of likely N-dealkylation sites (tertiary alicyclic amines) is 1. The summed E-state index contributed by atoms with van der Waals surface area (Å²) in [5.41, 5.74) is 0.188. The highest BCUT2D eigenvalue weighted by Gasteiger charge is 2.40. The van der Waals surface area contributed by atoms with E-state index in [2.05, 4.69) is 16.1 Å². The number of rotatable bonds is 3. The van der Waals surface area contributed by atoms with Crippen LogP contribution in [0.5, 0.6) is 0 Å². The fourth-order valence-electron chi connectivity index (χ4n) is 2.59. The lowest BCUT2D eigenvalue weighted by atomic mass is 9.79. The number of nitriles is 1. The molecular weight excluding hydrogens is 216 g/mol. The molecule has 1 aliphatic heterocycles. The Morgan fingerprint density at radius 3 is 2.82 bits per heavy atom. The Hall–Kier alpha value is -1.38. The van der Waals surface area contributed by atoms with Crippen LogP contribution in [0, 0.1) is 11.3 Å². The first-order chi connectivity index (χ1) is 8.18. The van der Waals surface area contributed by atoms with Crippen molar-refractivity contribution >= 4 is 0 Å². The summed E-state index contributed by atoms with van der Waals surface area (Å²) in [5.74, 6) is 0. The number of aliphatic hydroxyl groups is 1. The van der Waals surface area contributed by atoms with Crippen LogP contribution in [0.1, 0.15) is 30.9 Å². The fourth-order valence-corrected chi connectivity index (χ4v) is 2.59. The molecule has 2 heterocycles. The predicted molar refractivity (Wildman–Crippen MR) is 61.2 cm³/mol. The van der Waals surface area contributed by atoms with Gasteiger partial charge >= 0.3 is 0 Å². The van der Waals surface area contributed by atoms with Gasteiger partial charge in [-0.15, -0.1) is 0 Å². The molecule has 0 aromatic carbocycles. The Balaban J connectivity index is 1.52. The second-order valence-corrected chi connectivity index (χ2v) is 5.25. The van der Waals surface area contributed by atoms with Gasteiger partial charge in [0.25, 0.3) is 0 Å². The van der Waals surface area contributed by atoms with Crippen molar-refractivity contribution in [2.45, 2.75) is 30.9 Å². The number of aromatic nitrogens is 2. The van der Waals surface area contributed by atoms with Crippen LogP contribution in [0.25, 0.3) is 0 Å². The van der Waals surface area contributed by atoms with Crippen molar-refractivity contribution in [1.29, 1.82) is 5.26 Å². The van der Waals surface area contributed by atoms with Gasteiger partial charge in [0, 0.05) is 25.8 Å². The van der Waals surface area contributed by atoms with Crippen molar-refractivity contribution in [3.63, 3.8) is 0 Å². The first-order valence-corrected chi connectivity index (χ1v) is 6.08. The van der Waals surface area contributed by atoms with E-state index >= 15 is 0 Å². The molecule has 3 rings (SSSR count). The Morgan fingerprint density at radius 2 is 2.29 bits per heavy atom. The van der Waals surface area contributed by atoms with E-state index in [1.807, 2.05) is 4.68 Å². The Labute approximate surface area is 100 Å². The van der Waals surface area contributed by atoms with E-state index in [9.17, 15) is 5.11 Å². The molecule has 1 saturated carbocycles. The van der Waals surface area contributed by atoms with Gasteiger partial charge in [0.05, 0.1) is 23.4 Å². The summed E-state index contributed by atoms with van der Waals surface area (Å²) in [6.07, 6.45) is 6.42. The minimum Gasteiger partial charge on any atom is -0.389 e. The van der Waals surface area contributed by atoms with Gasteiger partial charge in [0.1, 0.15) is 6.07 Å². The highest BCUT2D eigenvalue weighted by Crippen LogP contribution is 2.34. The molecule has 1 aromatic heterocycles. The van der Waals surface area contributed by atoms with Crippen molar-refractivity contribution < 1.29 is 5.11 Å². The first kappa shape index (κ1) is 10.8. The lowest BCUT2D eigenvalue weighted by Gasteiger charge is -2.46. The van der Waals surface area contributed by atoms with Crippen LogP contribution in [0.2, 0.25) is 0 Å². The van der Waals surface area contributed by atoms with Gasteiger partial charge in [-0.05, 0) is 19.3 Å². The van der Waals surface area contributed by atoms with Crippen molar-refractivity contribution in [2.24, 2.45) is 0 Å². The maximum absolute atomic E-state index is 10.0. The summed E-state index contributed by atoms with van der Waals surface area (Å²) in [4.78, 5) is 2.26. The standard InChI is InChI=1S/C12H16N4O/c13-4-10-5-14-16(6-10)11-7-15(8-11)9-12(17)2-1-3-12/h5-6,11,17H,1-3,7-9H2. The monoisotopic (exact) mass is 232 g/mol. The van der Waals surface area contributed by atoms with Gasteiger partial charge < -0.3 is 5.11 Å². The minimum absolute atomic E-state index is 0.362. The average molecular weight is 232 g/mol. The number of β-amino-alcohol motifs (C(OH)–C–C–N with tert-alkyl or cyclic N) is 1. The molecule has 0 spiro atoms. The molecule has 0 radical (unpaired) electrons. The van der Waals surface area contributed by atoms with Gasteiger partial charge in [-0.1, -0.05) is 0 Å². The van der Waals surface area contributed by atoms with Gasteiger partial charge in [-0.3, -0.25) is 9.58 Å². The molecule has 90 valence electrons. The fraction of sp³-hybridized carbons (Fsp3) is 0.667. The van der Waals surface area contributed by atoms with E-state index in [1.54, 1.807) is 12.4 Å². The maximum atomic E-state index is 10.0. The van der Waals surface area contributed by atoms with Crippen molar-refractivity contribution in [3.8, 4) is 6.07 Å². The van der Waals surface area contributed by atoms with Crippen LogP contribution in [0.3, 0.4) is 0 Å². The summed E-state index contributed by atoms with van der Waals surface area (Å²) in [6.45, 7) is 2.64. The third kappa shape index (κ3) is 1.94. The van der Waals surface area contributed by atoms with Crippen molar-refractivity contribution in [1.82, 2.24) is 14.7 Å². The SMILES string of the molecule is N#Cc1cnn(C2CN(CC3(O)CCC3)C2)c1. The van der Waals surface area contributed by atoms with Gasteiger partial charge in [0.15, 0.2) is 0 Å². The van der Waals surface area contributed by atoms with Crippen LogP contribution in [0.4, 0.5) is 0 Å². The molecule has 0 atom stereocenters. The molecule has 0 bridgehead atoms. The quantitative estimate of drug-likeness (QED) is 0.825. The van der Waals surface area contributed by atoms with Crippen molar-refractivity contribution in [3.05, 3.63) is 18.0 Å². The molecule has 17 heavy (non-hydrogen) atoms. The van der Waals surface area contributed by atoms with Gasteiger partial charge in [-0.2, -0.15) is 10.4 Å². The zero-order valence-electron chi connectivity index (χ0n) is 9.71. The Bertz CT molecular complexity index is 451. The highest BCUT2D eigenvalue weighted by atomic mass is 16.3. The molecule has 2 aliphatic rings. The second-order valence-electron chi connectivity index (χ2n) is 5.25.